The predicted molar refractivity (Wildman–Crippen MR) is 214 cm³/mol. The molecule has 0 saturated heterocycles. The molecule has 0 aliphatic rings. The maximum absolute atomic E-state index is 12.1. The fourth-order valence-corrected chi connectivity index (χ4v) is 6.60. The van der Waals surface area contributed by atoms with E-state index in [0.29, 0.717) is 17.4 Å². The molecule has 0 fully saturated rings. The van der Waals surface area contributed by atoms with Crippen molar-refractivity contribution in [1.29, 1.82) is 0 Å². The molecule has 2 unspecified atom stereocenters. The Labute approximate surface area is 323 Å². The monoisotopic (exact) mass is 863 g/mol. The summed E-state index contributed by atoms with van der Waals surface area (Å²) < 4.78 is 0. The minimum Gasteiger partial charge on any atom is -0.512 e. The van der Waals surface area contributed by atoms with E-state index < -0.39 is 0 Å². The van der Waals surface area contributed by atoms with Gasteiger partial charge in [0.05, 0.1) is 5.76 Å². The van der Waals surface area contributed by atoms with Crippen LogP contribution in [0, 0.1) is 6.07 Å². The third kappa shape index (κ3) is 11.3. The summed E-state index contributed by atoms with van der Waals surface area (Å²) in [6, 6.07) is 48.9. The molecule has 2 atom stereocenters. The van der Waals surface area contributed by atoms with Gasteiger partial charge < -0.3 is 10.1 Å². The summed E-state index contributed by atoms with van der Waals surface area (Å²) in [4.78, 5) is 16.5. The quantitative estimate of drug-likeness (QED) is 0.0414. The van der Waals surface area contributed by atoms with Crippen molar-refractivity contribution in [1.82, 2.24) is 4.98 Å². The molecule has 0 amide bonds. The molecule has 5 aromatic carbocycles. The molecule has 0 aliphatic carbocycles. The molecule has 3 nitrogen and oxygen atoms in total. The smallest absolute Gasteiger partial charge is 0.189 e. The number of carbonyl (C=O) groups is 1. The van der Waals surface area contributed by atoms with Crippen molar-refractivity contribution < 1.29 is 30.0 Å². The topological polar surface area (TPSA) is 50.2 Å². The Bertz CT molecular complexity index is 2010. The van der Waals surface area contributed by atoms with Crippen molar-refractivity contribution in [3.8, 4) is 22.4 Å². The number of aliphatic hydroxyl groups excluding tert-OH is 1. The molecule has 1 aromatic heterocycles. The standard InChI is InChI=1S/C33H38O2.C15H10N.Ir/c1-4-6-8-11-28(27-12-9-7-10-13-27)15-14-26(5-2)29-16-18-30(19-17-29)31-20-22-32(23-21-31)33(35)24-25(3)34;1-2-7-13(8-3-1)15-14-9-5-4-6-12(14)10-11-16-15;/h4,6-7,9-10,12-13,16-24,26,28,34H,5,8,11,14-15H2,1-3H3;1-7,9-11H;/q;-1;/b6-4+,25-24-;;. The molecule has 267 valence electrons. The van der Waals surface area contributed by atoms with Crippen LogP contribution in [0.25, 0.3) is 33.2 Å². The van der Waals surface area contributed by atoms with Crippen molar-refractivity contribution in [2.75, 3.05) is 0 Å². The van der Waals surface area contributed by atoms with Crippen LogP contribution in [0.5, 0.6) is 0 Å². The first-order valence-corrected chi connectivity index (χ1v) is 18.1. The molecule has 1 N–H and O–H groups in total. The van der Waals surface area contributed by atoms with Crippen molar-refractivity contribution in [2.24, 2.45) is 0 Å². The molecule has 0 aliphatic heterocycles. The molecule has 1 radical (unpaired) electrons. The molecular formula is C48H48IrNO2-. The number of rotatable bonds is 13. The van der Waals surface area contributed by atoms with Crippen molar-refractivity contribution >= 4 is 16.6 Å². The van der Waals surface area contributed by atoms with Crippen LogP contribution < -0.4 is 0 Å². The van der Waals surface area contributed by atoms with Gasteiger partial charge in [0.15, 0.2) is 5.78 Å². The molecule has 6 rings (SSSR count). The number of fused-ring (bicyclic) bond motifs is 1. The van der Waals surface area contributed by atoms with Crippen LogP contribution in [0.1, 0.15) is 86.2 Å². The van der Waals surface area contributed by atoms with Crippen molar-refractivity contribution in [3.63, 3.8) is 0 Å². The fourth-order valence-electron chi connectivity index (χ4n) is 6.60. The number of allylic oxidation sites excluding steroid dienone is 4. The molecule has 0 spiro atoms. The summed E-state index contributed by atoms with van der Waals surface area (Å²) in [5.74, 6) is 0.974. The average Bonchev–Trinajstić information content (AvgIpc) is 3.18. The minimum absolute atomic E-state index is 0. The zero-order chi connectivity index (χ0) is 35.8. The number of benzene rings is 5. The van der Waals surface area contributed by atoms with E-state index in [2.05, 4.69) is 104 Å². The maximum Gasteiger partial charge on any atom is 0.189 e. The number of ketones is 1. The Morgan fingerprint density at radius 1 is 0.750 bits per heavy atom. The van der Waals surface area contributed by atoms with Crippen molar-refractivity contribution in [3.05, 3.63) is 186 Å². The molecule has 4 heteroatoms. The van der Waals surface area contributed by atoms with E-state index in [1.54, 1.807) is 0 Å². The van der Waals surface area contributed by atoms with Crippen LogP contribution in [0.2, 0.25) is 0 Å². The molecular weight excluding hydrogens is 815 g/mol. The SMILES string of the molecule is C/C=C/CCC(CCC(CC)c1ccc(-c2ccc(C(=O)/C=C(/C)O)cc2)cc1)c1ccccc1.[Ir].[c-]1ccccc1-c1nccc2ccccc12. The normalized spacial score (nSPS) is 12.4. The fraction of sp³-hybridized carbons (Fsp3) is 0.208. The van der Waals surface area contributed by atoms with Crippen LogP contribution in [0.3, 0.4) is 0 Å². The number of nitrogens with zero attached hydrogens (tertiary/aromatic N) is 1. The minimum atomic E-state index is -0.183. The van der Waals surface area contributed by atoms with Gasteiger partial charge in [0.2, 0.25) is 0 Å². The van der Waals surface area contributed by atoms with Crippen LogP contribution in [-0.4, -0.2) is 15.9 Å². The van der Waals surface area contributed by atoms with Crippen LogP contribution in [0.15, 0.2) is 164 Å². The molecule has 6 aromatic rings. The van der Waals surface area contributed by atoms with Gasteiger partial charge in [0, 0.05) is 37.9 Å². The van der Waals surface area contributed by atoms with E-state index >= 15 is 0 Å². The second kappa shape index (κ2) is 20.8. The van der Waals surface area contributed by atoms with E-state index in [4.69, 9.17) is 0 Å². The average molecular weight is 863 g/mol. The summed E-state index contributed by atoms with van der Waals surface area (Å²) >= 11 is 0. The van der Waals surface area contributed by atoms with Gasteiger partial charge in [-0.1, -0.05) is 122 Å². The zero-order valence-corrected chi connectivity index (χ0v) is 32.7. The summed E-state index contributed by atoms with van der Waals surface area (Å²) in [5.41, 5.74) is 7.69. The van der Waals surface area contributed by atoms with Gasteiger partial charge in [0.25, 0.3) is 0 Å². The number of hydrogen-bond donors (Lipinski definition) is 1. The summed E-state index contributed by atoms with van der Waals surface area (Å²) in [6.07, 6.45) is 13.3. The van der Waals surface area contributed by atoms with Crippen LogP contribution in [-0.2, 0) is 20.1 Å². The number of pyridine rings is 1. The largest absolute Gasteiger partial charge is 0.512 e. The second-order valence-electron chi connectivity index (χ2n) is 12.9. The second-order valence-corrected chi connectivity index (χ2v) is 12.9. The maximum atomic E-state index is 12.1. The van der Waals surface area contributed by atoms with E-state index in [-0.39, 0.29) is 31.6 Å². The van der Waals surface area contributed by atoms with E-state index in [1.807, 2.05) is 72.9 Å². The van der Waals surface area contributed by atoms with Gasteiger partial charge in [-0.2, -0.15) is 0 Å². The predicted octanol–water partition coefficient (Wildman–Crippen LogP) is 13.1. The van der Waals surface area contributed by atoms with E-state index in [1.165, 1.54) is 54.2 Å². The molecule has 52 heavy (non-hydrogen) atoms. The number of aromatic nitrogens is 1. The number of hydrogen-bond acceptors (Lipinski definition) is 3. The van der Waals surface area contributed by atoms with Gasteiger partial charge in [-0.25, -0.2) is 0 Å². The van der Waals surface area contributed by atoms with Gasteiger partial charge in [0.1, 0.15) is 0 Å². The molecule has 1 heterocycles. The van der Waals surface area contributed by atoms with E-state index in [0.717, 1.165) is 35.2 Å². The Balaban J connectivity index is 0.000000294. The Morgan fingerprint density at radius 3 is 2.04 bits per heavy atom. The third-order valence-electron chi connectivity index (χ3n) is 9.41. The molecule has 0 saturated carbocycles. The Morgan fingerprint density at radius 2 is 1.38 bits per heavy atom. The summed E-state index contributed by atoms with van der Waals surface area (Å²) in [6.45, 7) is 5.88. The van der Waals surface area contributed by atoms with Crippen molar-refractivity contribution in [2.45, 2.75) is 64.7 Å². The molecule has 0 bridgehead atoms. The van der Waals surface area contributed by atoms with Crippen LogP contribution in [0.4, 0.5) is 0 Å². The van der Waals surface area contributed by atoms with E-state index in [9.17, 15) is 9.90 Å². The van der Waals surface area contributed by atoms with Gasteiger partial charge >= 0.3 is 0 Å². The zero-order valence-electron chi connectivity index (χ0n) is 30.3. The van der Waals surface area contributed by atoms with Gasteiger partial charge in [-0.15, -0.1) is 35.9 Å². The Kier molecular flexibility index (Phi) is 16.0. The third-order valence-corrected chi connectivity index (χ3v) is 9.41. The first-order chi connectivity index (χ1) is 25.0. The summed E-state index contributed by atoms with van der Waals surface area (Å²) in [5, 5.41) is 11.7. The Hall–Kier alpha value is -4.89. The number of aliphatic hydroxyl groups is 1. The van der Waals surface area contributed by atoms with Gasteiger partial charge in [-0.05, 0) is 103 Å². The summed E-state index contributed by atoms with van der Waals surface area (Å²) in [7, 11) is 0. The first kappa shape index (κ1) is 39.9. The first-order valence-electron chi connectivity index (χ1n) is 18.1. The number of carbonyl (C=O) groups excluding carboxylic acids is 1. The van der Waals surface area contributed by atoms with Gasteiger partial charge in [-0.3, -0.25) is 4.79 Å². The van der Waals surface area contributed by atoms with Crippen LogP contribution >= 0.6 is 0 Å².